The van der Waals surface area contributed by atoms with Gasteiger partial charge in [0.1, 0.15) is 0 Å². The van der Waals surface area contributed by atoms with Crippen molar-refractivity contribution < 1.29 is 4.74 Å². The molecule has 0 bridgehead atoms. The summed E-state index contributed by atoms with van der Waals surface area (Å²) >= 11 is 0. The molecule has 0 radical (unpaired) electrons. The second-order valence-corrected chi connectivity index (χ2v) is 5.27. The molecule has 2 nitrogen and oxygen atoms in total. The standard InChI is InChI=1S/C13H25NO/c1-15-13-9-12(10-13)14-8-4-7-11-5-2-3-6-11/h11-14H,2-10H2,1H3. The zero-order valence-corrected chi connectivity index (χ0v) is 10.0. The molecule has 0 heterocycles. The van der Waals surface area contributed by atoms with Crippen LogP contribution in [0.5, 0.6) is 0 Å². The second kappa shape index (κ2) is 5.86. The number of rotatable bonds is 6. The quantitative estimate of drug-likeness (QED) is 0.682. The van der Waals surface area contributed by atoms with Crippen LogP contribution >= 0.6 is 0 Å². The van der Waals surface area contributed by atoms with Gasteiger partial charge in [-0.25, -0.2) is 0 Å². The minimum atomic E-state index is 0.539. The van der Waals surface area contributed by atoms with Crippen molar-refractivity contribution in [2.24, 2.45) is 5.92 Å². The van der Waals surface area contributed by atoms with E-state index >= 15 is 0 Å². The van der Waals surface area contributed by atoms with Crippen LogP contribution in [0.2, 0.25) is 0 Å². The molecule has 0 aromatic carbocycles. The van der Waals surface area contributed by atoms with Gasteiger partial charge in [0.2, 0.25) is 0 Å². The van der Waals surface area contributed by atoms with Gasteiger partial charge >= 0.3 is 0 Å². The highest BCUT2D eigenvalue weighted by Gasteiger charge is 2.28. The number of methoxy groups -OCH3 is 1. The van der Waals surface area contributed by atoms with Crippen molar-refractivity contribution in [3.05, 3.63) is 0 Å². The molecule has 1 N–H and O–H groups in total. The molecule has 0 unspecified atom stereocenters. The van der Waals surface area contributed by atoms with E-state index in [9.17, 15) is 0 Å². The Labute approximate surface area is 93.8 Å². The smallest absolute Gasteiger partial charge is 0.0601 e. The average Bonchev–Trinajstić information content (AvgIpc) is 2.67. The van der Waals surface area contributed by atoms with E-state index in [1.165, 1.54) is 57.9 Å². The van der Waals surface area contributed by atoms with Crippen LogP contribution in [0.25, 0.3) is 0 Å². The Balaban J connectivity index is 1.42. The molecule has 2 saturated carbocycles. The van der Waals surface area contributed by atoms with Crippen molar-refractivity contribution in [1.82, 2.24) is 5.32 Å². The maximum atomic E-state index is 5.26. The molecule has 0 spiro atoms. The van der Waals surface area contributed by atoms with Crippen LogP contribution in [0, 0.1) is 5.92 Å². The lowest BCUT2D eigenvalue weighted by Gasteiger charge is -2.34. The Morgan fingerprint density at radius 3 is 2.60 bits per heavy atom. The van der Waals surface area contributed by atoms with Gasteiger partial charge < -0.3 is 10.1 Å². The molecular weight excluding hydrogens is 186 g/mol. The molecule has 2 fully saturated rings. The van der Waals surface area contributed by atoms with E-state index in [4.69, 9.17) is 4.74 Å². The van der Waals surface area contributed by atoms with Gasteiger partial charge in [-0.3, -0.25) is 0 Å². The van der Waals surface area contributed by atoms with Gasteiger partial charge in [0.05, 0.1) is 6.10 Å². The molecule has 0 aromatic rings. The molecule has 2 aliphatic carbocycles. The van der Waals surface area contributed by atoms with Crippen LogP contribution in [0.15, 0.2) is 0 Å². The maximum absolute atomic E-state index is 5.26. The third-order valence-corrected chi connectivity index (χ3v) is 4.13. The monoisotopic (exact) mass is 211 g/mol. The van der Waals surface area contributed by atoms with E-state index in [1.54, 1.807) is 0 Å². The van der Waals surface area contributed by atoms with Crippen molar-refractivity contribution in [3.8, 4) is 0 Å². The highest BCUT2D eigenvalue weighted by molar-refractivity contribution is 4.85. The summed E-state index contributed by atoms with van der Waals surface area (Å²) in [4.78, 5) is 0. The van der Waals surface area contributed by atoms with Gasteiger partial charge in [-0.15, -0.1) is 0 Å². The van der Waals surface area contributed by atoms with Gasteiger partial charge in [-0.1, -0.05) is 25.7 Å². The van der Waals surface area contributed by atoms with E-state index in [-0.39, 0.29) is 0 Å². The molecule has 2 aliphatic rings. The van der Waals surface area contributed by atoms with E-state index in [2.05, 4.69) is 5.32 Å². The first-order chi connectivity index (χ1) is 7.38. The van der Waals surface area contributed by atoms with E-state index in [1.807, 2.05) is 7.11 Å². The Bertz CT molecular complexity index is 171. The van der Waals surface area contributed by atoms with Crippen molar-refractivity contribution in [2.75, 3.05) is 13.7 Å². The average molecular weight is 211 g/mol. The predicted octanol–water partition coefficient (Wildman–Crippen LogP) is 2.72. The number of ether oxygens (including phenoxy) is 1. The summed E-state index contributed by atoms with van der Waals surface area (Å²) in [6.45, 7) is 1.22. The molecule has 15 heavy (non-hydrogen) atoms. The van der Waals surface area contributed by atoms with Crippen LogP contribution in [0.4, 0.5) is 0 Å². The van der Waals surface area contributed by atoms with Crippen LogP contribution in [-0.4, -0.2) is 25.8 Å². The Hall–Kier alpha value is -0.0800. The van der Waals surface area contributed by atoms with E-state index in [0.717, 1.165) is 12.0 Å². The molecule has 0 aromatic heterocycles. The lowest BCUT2D eigenvalue weighted by molar-refractivity contribution is 0.0174. The fraction of sp³-hybridized carbons (Fsp3) is 1.00. The van der Waals surface area contributed by atoms with Crippen LogP contribution < -0.4 is 5.32 Å². The van der Waals surface area contributed by atoms with Gasteiger partial charge in [0.15, 0.2) is 0 Å². The first-order valence-corrected chi connectivity index (χ1v) is 6.64. The Kier molecular flexibility index (Phi) is 4.45. The van der Waals surface area contributed by atoms with Gasteiger partial charge in [0.25, 0.3) is 0 Å². The summed E-state index contributed by atoms with van der Waals surface area (Å²) in [5.41, 5.74) is 0. The van der Waals surface area contributed by atoms with Crippen molar-refractivity contribution in [2.45, 2.75) is 63.5 Å². The fourth-order valence-corrected chi connectivity index (χ4v) is 2.92. The SMILES string of the molecule is COC1CC(NCCCC2CCCC2)C1. The zero-order chi connectivity index (χ0) is 10.5. The number of nitrogens with one attached hydrogen (secondary N) is 1. The van der Waals surface area contributed by atoms with Crippen molar-refractivity contribution in [1.29, 1.82) is 0 Å². The minimum absolute atomic E-state index is 0.539. The third kappa shape index (κ3) is 3.46. The first-order valence-electron chi connectivity index (χ1n) is 6.64. The normalized spacial score (nSPS) is 31.8. The zero-order valence-electron chi connectivity index (χ0n) is 10.0. The predicted molar refractivity (Wildman–Crippen MR) is 63.0 cm³/mol. The van der Waals surface area contributed by atoms with Crippen LogP contribution in [-0.2, 0) is 4.74 Å². The topological polar surface area (TPSA) is 21.3 Å². The molecule has 0 atom stereocenters. The summed E-state index contributed by atoms with van der Waals surface area (Å²) in [5, 5.41) is 3.63. The highest BCUT2D eigenvalue weighted by atomic mass is 16.5. The molecular formula is C13H25NO. The van der Waals surface area contributed by atoms with Gasteiger partial charge in [-0.2, -0.15) is 0 Å². The van der Waals surface area contributed by atoms with Crippen LogP contribution in [0.3, 0.4) is 0 Å². The number of hydrogen-bond donors (Lipinski definition) is 1. The molecule has 88 valence electrons. The Morgan fingerprint density at radius 1 is 1.20 bits per heavy atom. The number of hydrogen-bond acceptors (Lipinski definition) is 2. The minimum Gasteiger partial charge on any atom is -0.381 e. The molecule has 2 rings (SSSR count). The van der Waals surface area contributed by atoms with Crippen molar-refractivity contribution in [3.63, 3.8) is 0 Å². The second-order valence-electron chi connectivity index (χ2n) is 5.27. The van der Waals surface area contributed by atoms with Gasteiger partial charge in [0, 0.05) is 13.2 Å². The van der Waals surface area contributed by atoms with E-state index < -0.39 is 0 Å². The molecule has 0 aliphatic heterocycles. The summed E-state index contributed by atoms with van der Waals surface area (Å²) in [7, 11) is 1.82. The lowest BCUT2D eigenvalue weighted by atomic mass is 9.89. The summed E-state index contributed by atoms with van der Waals surface area (Å²) in [6.07, 6.45) is 11.8. The third-order valence-electron chi connectivity index (χ3n) is 4.13. The summed E-state index contributed by atoms with van der Waals surface area (Å²) in [6, 6.07) is 0.749. The first kappa shape index (κ1) is 11.4. The summed E-state index contributed by atoms with van der Waals surface area (Å²) in [5.74, 6) is 1.06. The molecule has 0 amide bonds. The highest BCUT2D eigenvalue weighted by Crippen LogP contribution is 2.28. The Morgan fingerprint density at radius 2 is 1.93 bits per heavy atom. The summed E-state index contributed by atoms with van der Waals surface area (Å²) < 4.78 is 5.26. The fourth-order valence-electron chi connectivity index (χ4n) is 2.92. The molecule has 2 heteroatoms. The van der Waals surface area contributed by atoms with Crippen molar-refractivity contribution >= 4 is 0 Å². The molecule has 0 saturated heterocycles. The lowest BCUT2D eigenvalue weighted by Crippen LogP contribution is -2.45. The van der Waals surface area contributed by atoms with Crippen LogP contribution in [0.1, 0.15) is 51.4 Å². The maximum Gasteiger partial charge on any atom is 0.0601 e. The largest absolute Gasteiger partial charge is 0.381 e. The van der Waals surface area contributed by atoms with Gasteiger partial charge in [-0.05, 0) is 38.1 Å². The van der Waals surface area contributed by atoms with E-state index in [0.29, 0.717) is 6.10 Å².